The van der Waals surface area contributed by atoms with Crippen molar-refractivity contribution < 1.29 is 4.79 Å². The van der Waals surface area contributed by atoms with Crippen molar-refractivity contribution in [1.29, 1.82) is 0 Å². The van der Waals surface area contributed by atoms with Crippen LogP contribution in [0.25, 0.3) is 0 Å². The molecule has 124 valence electrons. The van der Waals surface area contributed by atoms with Crippen LogP contribution in [0.3, 0.4) is 0 Å². The third-order valence-corrected chi connectivity index (χ3v) is 4.73. The lowest BCUT2D eigenvalue weighted by Crippen LogP contribution is -2.17. The van der Waals surface area contributed by atoms with E-state index in [1.807, 2.05) is 12.1 Å². The molecule has 1 aromatic carbocycles. The molecule has 0 aliphatic heterocycles. The third-order valence-electron chi connectivity index (χ3n) is 3.99. The molecule has 0 atom stereocenters. The Morgan fingerprint density at radius 2 is 1.96 bits per heavy atom. The molecule has 23 heavy (non-hydrogen) atoms. The molecule has 0 unspecified atom stereocenters. The monoisotopic (exact) mass is 372 g/mol. The minimum atomic E-state index is 0. The van der Waals surface area contributed by atoms with Gasteiger partial charge in [-0.25, -0.2) is 4.98 Å². The summed E-state index contributed by atoms with van der Waals surface area (Å²) in [6.07, 6.45) is 2.39. The van der Waals surface area contributed by atoms with Gasteiger partial charge in [-0.05, 0) is 30.5 Å². The minimum Gasteiger partial charge on any atom is -0.321 e. The number of aryl methyl sites for hydroxylation is 1. The Morgan fingerprint density at radius 3 is 2.61 bits per heavy atom. The largest absolute Gasteiger partial charge is 0.321 e. The van der Waals surface area contributed by atoms with Gasteiger partial charge < -0.3 is 4.57 Å². The van der Waals surface area contributed by atoms with E-state index in [2.05, 4.69) is 18.4 Å². The molecule has 0 saturated carbocycles. The van der Waals surface area contributed by atoms with Crippen molar-refractivity contribution in [2.45, 2.75) is 45.6 Å². The van der Waals surface area contributed by atoms with E-state index in [1.54, 1.807) is 6.07 Å². The summed E-state index contributed by atoms with van der Waals surface area (Å²) in [5.74, 6) is 1.42. The number of benzene rings is 1. The first kappa shape index (κ1) is 18.3. The van der Waals surface area contributed by atoms with Gasteiger partial charge in [-0.15, -0.1) is 12.4 Å². The molecule has 1 aromatic heterocycles. The van der Waals surface area contributed by atoms with E-state index in [9.17, 15) is 4.79 Å². The average Bonchev–Trinajstić information content (AvgIpc) is 2.83. The van der Waals surface area contributed by atoms with Gasteiger partial charge in [0.05, 0.1) is 15.7 Å². The highest BCUT2D eigenvalue weighted by molar-refractivity contribution is 6.42. The second-order valence-electron chi connectivity index (χ2n) is 6.03. The van der Waals surface area contributed by atoms with Gasteiger partial charge in [0, 0.05) is 18.9 Å². The number of Topliss-reactive ketones (excluding diaryl/α,β-unsaturated/α-hetero) is 1. The van der Waals surface area contributed by atoms with Crippen LogP contribution in [-0.4, -0.2) is 15.3 Å². The summed E-state index contributed by atoms with van der Waals surface area (Å²) in [5.41, 5.74) is 2.75. The molecule has 6 heteroatoms. The lowest BCUT2D eigenvalue weighted by atomic mass is 9.99. The second-order valence-corrected chi connectivity index (χ2v) is 6.85. The fourth-order valence-corrected chi connectivity index (χ4v) is 3.28. The molecule has 0 N–H and O–H groups in total. The minimum absolute atomic E-state index is 0. The molecule has 0 bridgehead atoms. The Bertz CT molecular complexity index is 738. The number of fused-ring (bicyclic) bond motifs is 1. The Hall–Kier alpha value is -1.03. The lowest BCUT2D eigenvalue weighted by Gasteiger charge is -2.16. The maximum atomic E-state index is 12.3. The molecule has 0 fully saturated rings. The topological polar surface area (TPSA) is 34.9 Å². The Balaban J connectivity index is 0.00000192. The van der Waals surface area contributed by atoms with E-state index in [0.717, 1.165) is 35.6 Å². The maximum Gasteiger partial charge on any atom is 0.181 e. The van der Waals surface area contributed by atoms with Gasteiger partial charge in [0.15, 0.2) is 5.78 Å². The molecular formula is C17H19Cl3N2O. The molecule has 1 heterocycles. The fourth-order valence-electron chi connectivity index (χ4n) is 2.96. The van der Waals surface area contributed by atoms with Gasteiger partial charge >= 0.3 is 0 Å². The van der Waals surface area contributed by atoms with Crippen LogP contribution in [0, 0.1) is 0 Å². The Labute approximate surface area is 152 Å². The van der Waals surface area contributed by atoms with Gasteiger partial charge in [0.25, 0.3) is 0 Å². The van der Waals surface area contributed by atoms with Crippen molar-refractivity contribution in [3.8, 4) is 0 Å². The number of carbonyl (C=O) groups is 1. The molecule has 0 radical (unpaired) electrons. The number of carbonyl (C=O) groups excluding carboxylic acids is 1. The van der Waals surface area contributed by atoms with Crippen LogP contribution < -0.4 is 0 Å². The molecular weight excluding hydrogens is 355 g/mol. The van der Waals surface area contributed by atoms with Crippen LogP contribution in [0.4, 0.5) is 0 Å². The molecule has 1 aliphatic rings. The molecule has 0 amide bonds. The molecule has 0 saturated heterocycles. The van der Waals surface area contributed by atoms with E-state index < -0.39 is 0 Å². The van der Waals surface area contributed by atoms with E-state index in [1.165, 1.54) is 0 Å². The van der Waals surface area contributed by atoms with Gasteiger partial charge in [0.2, 0.25) is 0 Å². The van der Waals surface area contributed by atoms with Crippen LogP contribution in [-0.2, 0) is 13.0 Å². The molecule has 1 aliphatic carbocycles. The number of ketones is 1. The number of hydrogen-bond acceptors (Lipinski definition) is 2. The van der Waals surface area contributed by atoms with Crippen LogP contribution in [0.5, 0.6) is 0 Å². The number of halogens is 3. The highest BCUT2D eigenvalue weighted by Crippen LogP contribution is 2.28. The van der Waals surface area contributed by atoms with E-state index in [4.69, 9.17) is 28.2 Å². The number of hydrogen-bond donors (Lipinski definition) is 0. The SMILES string of the molecule is CC(C)c1nc2c(n1Cc1ccc(Cl)c(Cl)c1)C(=O)CCC2.Cl. The van der Waals surface area contributed by atoms with Gasteiger partial charge in [0.1, 0.15) is 11.5 Å². The summed E-state index contributed by atoms with van der Waals surface area (Å²) in [4.78, 5) is 17.1. The lowest BCUT2D eigenvalue weighted by molar-refractivity contribution is 0.0963. The normalized spacial score (nSPS) is 13.9. The van der Waals surface area contributed by atoms with E-state index in [-0.39, 0.29) is 24.1 Å². The quantitative estimate of drug-likeness (QED) is 0.731. The number of rotatable bonds is 3. The first-order valence-corrected chi connectivity index (χ1v) is 8.29. The highest BCUT2D eigenvalue weighted by atomic mass is 35.5. The molecule has 2 aromatic rings. The van der Waals surface area contributed by atoms with Crippen molar-refractivity contribution in [2.75, 3.05) is 0 Å². The van der Waals surface area contributed by atoms with E-state index >= 15 is 0 Å². The number of nitrogens with zero attached hydrogens (tertiary/aromatic N) is 2. The van der Waals surface area contributed by atoms with Crippen LogP contribution in [0.15, 0.2) is 18.2 Å². The van der Waals surface area contributed by atoms with Crippen molar-refractivity contribution in [2.24, 2.45) is 0 Å². The highest BCUT2D eigenvalue weighted by Gasteiger charge is 2.27. The maximum absolute atomic E-state index is 12.3. The Kier molecular flexibility index (Phi) is 5.77. The van der Waals surface area contributed by atoms with E-state index in [0.29, 0.717) is 23.0 Å². The number of aromatic nitrogens is 2. The predicted octanol–water partition coefficient (Wildman–Crippen LogP) is 5.30. The first-order valence-electron chi connectivity index (χ1n) is 7.53. The summed E-state index contributed by atoms with van der Waals surface area (Å²) in [7, 11) is 0. The zero-order valence-corrected chi connectivity index (χ0v) is 15.4. The molecule has 0 spiro atoms. The summed E-state index contributed by atoms with van der Waals surface area (Å²) in [6, 6.07) is 5.59. The van der Waals surface area contributed by atoms with Gasteiger partial charge in [-0.2, -0.15) is 0 Å². The summed E-state index contributed by atoms with van der Waals surface area (Å²) in [5, 5.41) is 1.07. The van der Waals surface area contributed by atoms with Crippen LogP contribution in [0.2, 0.25) is 10.0 Å². The van der Waals surface area contributed by atoms with Crippen molar-refractivity contribution in [3.05, 3.63) is 51.0 Å². The third kappa shape index (κ3) is 3.57. The van der Waals surface area contributed by atoms with Gasteiger partial charge in [-0.3, -0.25) is 4.79 Å². The predicted molar refractivity (Wildman–Crippen MR) is 96.4 cm³/mol. The summed E-state index contributed by atoms with van der Waals surface area (Å²) in [6.45, 7) is 4.80. The standard InChI is InChI=1S/C17H18Cl2N2O.ClH/c1-10(2)17-20-14-4-3-5-15(22)16(14)21(17)9-11-6-7-12(18)13(19)8-11;/h6-8,10H,3-5,9H2,1-2H3;1H. The van der Waals surface area contributed by atoms with Crippen LogP contribution in [0.1, 0.15) is 60.2 Å². The average molecular weight is 374 g/mol. The Morgan fingerprint density at radius 1 is 1.22 bits per heavy atom. The van der Waals surface area contributed by atoms with Gasteiger partial charge in [-0.1, -0.05) is 43.1 Å². The molecule has 3 nitrogen and oxygen atoms in total. The zero-order chi connectivity index (χ0) is 15.9. The van der Waals surface area contributed by atoms with Crippen molar-refractivity contribution in [1.82, 2.24) is 9.55 Å². The first-order chi connectivity index (χ1) is 10.5. The molecule has 3 rings (SSSR count). The van der Waals surface area contributed by atoms with Crippen molar-refractivity contribution >= 4 is 41.4 Å². The smallest absolute Gasteiger partial charge is 0.181 e. The van der Waals surface area contributed by atoms with Crippen LogP contribution >= 0.6 is 35.6 Å². The number of imidazole rings is 1. The summed E-state index contributed by atoms with van der Waals surface area (Å²) >= 11 is 12.1. The second kappa shape index (κ2) is 7.25. The zero-order valence-electron chi connectivity index (χ0n) is 13.1. The fraction of sp³-hybridized carbons (Fsp3) is 0.412. The summed E-state index contributed by atoms with van der Waals surface area (Å²) < 4.78 is 2.06. The van der Waals surface area contributed by atoms with Crippen molar-refractivity contribution in [3.63, 3.8) is 0 Å².